The molecule has 1 heterocycles. The fourth-order valence-electron chi connectivity index (χ4n) is 5.25. The van der Waals surface area contributed by atoms with Gasteiger partial charge in [0.25, 0.3) is 5.56 Å². The third-order valence-electron chi connectivity index (χ3n) is 7.03. The average molecular weight is 418 g/mol. The van der Waals surface area contributed by atoms with E-state index in [2.05, 4.69) is 35.1 Å². The first kappa shape index (κ1) is 18.1. The summed E-state index contributed by atoms with van der Waals surface area (Å²) in [6.45, 7) is 6.63. The van der Waals surface area contributed by atoms with Gasteiger partial charge in [-0.05, 0) is 77.0 Å². The monoisotopic (exact) mass is 417 g/mol. The lowest BCUT2D eigenvalue weighted by molar-refractivity contribution is -0.103. The Morgan fingerprint density at radius 1 is 1.23 bits per heavy atom. The van der Waals surface area contributed by atoms with Crippen molar-refractivity contribution in [3.8, 4) is 5.69 Å². The van der Waals surface area contributed by atoms with Gasteiger partial charge in [-0.2, -0.15) is 0 Å². The van der Waals surface area contributed by atoms with Crippen molar-refractivity contribution in [3.05, 3.63) is 50.9 Å². The van der Waals surface area contributed by atoms with Gasteiger partial charge in [0.1, 0.15) is 4.47 Å². The van der Waals surface area contributed by atoms with Crippen molar-refractivity contribution in [3.63, 3.8) is 0 Å². The first-order valence-electron chi connectivity index (χ1n) is 9.63. The second kappa shape index (κ2) is 6.68. The summed E-state index contributed by atoms with van der Waals surface area (Å²) in [6.07, 6.45) is 4.13. The van der Waals surface area contributed by atoms with Gasteiger partial charge in [0, 0.05) is 13.6 Å². The molecule has 4 nitrogen and oxygen atoms in total. The normalized spacial score (nSPS) is 26.5. The number of halogens is 1. The number of para-hydroxylation sites is 1. The van der Waals surface area contributed by atoms with Gasteiger partial charge in [0.05, 0.1) is 11.4 Å². The number of nitrogens with one attached hydrogen (secondary N) is 1. The zero-order chi connectivity index (χ0) is 18.5. The van der Waals surface area contributed by atoms with Gasteiger partial charge in [-0.1, -0.05) is 32.0 Å². The molecule has 140 valence electrons. The van der Waals surface area contributed by atoms with Crippen LogP contribution in [0.4, 0.5) is 0 Å². The zero-order valence-electron chi connectivity index (χ0n) is 15.8. The van der Waals surface area contributed by atoms with E-state index in [1.165, 1.54) is 19.3 Å². The summed E-state index contributed by atoms with van der Waals surface area (Å²) in [4.78, 5) is 12.7. The number of benzene rings is 1. The van der Waals surface area contributed by atoms with Crippen molar-refractivity contribution in [2.45, 2.75) is 39.7 Å². The molecule has 0 spiro atoms. The van der Waals surface area contributed by atoms with E-state index in [9.17, 15) is 4.79 Å². The third kappa shape index (κ3) is 2.80. The van der Waals surface area contributed by atoms with Gasteiger partial charge < -0.3 is 5.32 Å². The van der Waals surface area contributed by atoms with E-state index < -0.39 is 0 Å². The number of fused-ring (bicyclic) bond motifs is 2. The van der Waals surface area contributed by atoms with Crippen LogP contribution in [-0.4, -0.2) is 15.9 Å². The van der Waals surface area contributed by atoms with Gasteiger partial charge in [0.2, 0.25) is 0 Å². The van der Waals surface area contributed by atoms with Crippen molar-refractivity contribution < 1.29 is 0 Å². The molecule has 3 aliphatic rings. The van der Waals surface area contributed by atoms with Crippen LogP contribution in [0.5, 0.6) is 0 Å². The molecule has 0 aliphatic heterocycles. The molecule has 3 fully saturated rings. The highest BCUT2D eigenvalue weighted by atomic mass is 79.9. The predicted octanol–water partition coefficient (Wildman–Crippen LogP) is 4.10. The van der Waals surface area contributed by atoms with Crippen molar-refractivity contribution in [2.75, 3.05) is 6.54 Å². The fraction of sp³-hybridized carbons (Fsp3) is 0.571. The van der Waals surface area contributed by atoms with E-state index in [0.29, 0.717) is 16.4 Å². The lowest BCUT2D eigenvalue weighted by Crippen LogP contribution is -2.54. The highest BCUT2D eigenvalue weighted by molar-refractivity contribution is 9.10. The molecule has 2 bridgehead atoms. The van der Waals surface area contributed by atoms with Gasteiger partial charge >= 0.3 is 0 Å². The number of hydrogen-bond acceptors (Lipinski definition) is 2. The molecule has 26 heavy (non-hydrogen) atoms. The van der Waals surface area contributed by atoms with E-state index in [0.717, 1.165) is 35.7 Å². The first-order chi connectivity index (χ1) is 12.4. The maximum absolute atomic E-state index is 12.7. The minimum atomic E-state index is -0.00358. The smallest absolute Gasteiger partial charge is 0.286 e. The van der Waals surface area contributed by atoms with Crippen LogP contribution in [0.25, 0.3) is 5.69 Å². The van der Waals surface area contributed by atoms with E-state index in [4.69, 9.17) is 0 Å². The lowest BCUT2D eigenvalue weighted by Gasteiger charge is -2.60. The topological polar surface area (TPSA) is 39.0 Å². The van der Waals surface area contributed by atoms with Crippen LogP contribution in [0.3, 0.4) is 0 Å². The van der Waals surface area contributed by atoms with Crippen LogP contribution in [0.2, 0.25) is 0 Å². The Morgan fingerprint density at radius 3 is 2.62 bits per heavy atom. The Balaban J connectivity index is 1.47. The van der Waals surface area contributed by atoms with E-state index in [1.54, 1.807) is 4.68 Å². The molecule has 0 amide bonds. The van der Waals surface area contributed by atoms with Crippen molar-refractivity contribution in [1.82, 2.24) is 14.7 Å². The number of hydrogen-bond donors (Lipinski definition) is 1. The van der Waals surface area contributed by atoms with Crippen LogP contribution in [0.1, 0.15) is 38.8 Å². The first-order valence-corrected chi connectivity index (χ1v) is 10.4. The summed E-state index contributed by atoms with van der Waals surface area (Å²) < 4.78 is 4.34. The number of rotatable bonds is 5. The van der Waals surface area contributed by atoms with E-state index >= 15 is 0 Å². The zero-order valence-corrected chi connectivity index (χ0v) is 17.4. The average Bonchev–Trinajstić information content (AvgIpc) is 2.85. The Labute approximate surface area is 163 Å². The Hall–Kier alpha value is -1.33. The summed E-state index contributed by atoms with van der Waals surface area (Å²) >= 11 is 3.52. The van der Waals surface area contributed by atoms with Crippen LogP contribution < -0.4 is 10.9 Å². The molecule has 5 heteroatoms. The van der Waals surface area contributed by atoms with Gasteiger partial charge in [0.15, 0.2) is 0 Å². The van der Waals surface area contributed by atoms with Crippen molar-refractivity contribution in [2.24, 2.45) is 30.2 Å². The second-order valence-electron chi connectivity index (χ2n) is 8.57. The second-order valence-corrected chi connectivity index (χ2v) is 9.36. The van der Waals surface area contributed by atoms with Crippen LogP contribution >= 0.6 is 15.9 Å². The largest absolute Gasteiger partial charge is 0.311 e. The summed E-state index contributed by atoms with van der Waals surface area (Å²) in [5, 5.41) is 3.63. The molecular formula is C21H28BrN3O. The van der Waals surface area contributed by atoms with Gasteiger partial charge in [-0.25, -0.2) is 4.68 Å². The van der Waals surface area contributed by atoms with Gasteiger partial charge in [-0.3, -0.25) is 9.48 Å². The molecule has 1 aromatic heterocycles. The molecule has 5 rings (SSSR count). The lowest BCUT2D eigenvalue weighted by atomic mass is 9.45. The molecule has 1 aromatic carbocycles. The molecule has 3 atom stereocenters. The summed E-state index contributed by atoms with van der Waals surface area (Å²) in [5.41, 5.74) is 2.41. The Bertz CT molecular complexity index is 850. The Kier molecular flexibility index (Phi) is 4.64. The molecule has 0 radical (unpaired) electrons. The predicted molar refractivity (Wildman–Crippen MR) is 109 cm³/mol. The maximum Gasteiger partial charge on any atom is 0.286 e. The fourth-order valence-corrected chi connectivity index (χ4v) is 5.81. The third-order valence-corrected chi connectivity index (χ3v) is 7.82. The van der Waals surface area contributed by atoms with E-state index in [1.807, 2.05) is 42.1 Å². The van der Waals surface area contributed by atoms with Crippen LogP contribution in [0.15, 0.2) is 39.6 Å². The number of aromatic nitrogens is 2. The SMILES string of the molecule is Cn1c(CNC[C@@H]2CC[C@H]3C[C@H]2C3(C)C)c(Br)c(=O)n1-c1ccccc1. The minimum Gasteiger partial charge on any atom is -0.311 e. The molecular weight excluding hydrogens is 390 g/mol. The molecule has 3 saturated carbocycles. The quantitative estimate of drug-likeness (QED) is 0.794. The van der Waals surface area contributed by atoms with Gasteiger partial charge in [-0.15, -0.1) is 0 Å². The van der Waals surface area contributed by atoms with E-state index in [-0.39, 0.29) is 5.56 Å². The molecule has 0 saturated heterocycles. The number of nitrogens with zero attached hydrogens (tertiary/aromatic N) is 2. The van der Waals surface area contributed by atoms with Crippen LogP contribution in [-0.2, 0) is 13.6 Å². The molecule has 2 aromatic rings. The summed E-state index contributed by atoms with van der Waals surface area (Å²) in [6, 6.07) is 9.80. The summed E-state index contributed by atoms with van der Waals surface area (Å²) in [5.74, 6) is 2.57. The standard InChI is InChI=1S/C21H28BrN3O/c1-21(2)15-10-9-14(17(21)11-15)12-23-13-18-19(22)20(26)25(24(18)3)16-7-5-4-6-8-16/h4-8,14-15,17,23H,9-13H2,1-3H3/t14-,15-,17+/m0/s1. The Morgan fingerprint density at radius 2 is 1.96 bits per heavy atom. The maximum atomic E-state index is 12.7. The molecule has 0 unspecified atom stereocenters. The minimum absolute atomic E-state index is 0.00358. The van der Waals surface area contributed by atoms with Crippen molar-refractivity contribution >= 4 is 15.9 Å². The highest BCUT2D eigenvalue weighted by Crippen LogP contribution is 2.61. The molecule has 3 aliphatic carbocycles. The highest BCUT2D eigenvalue weighted by Gasteiger charge is 2.53. The summed E-state index contributed by atoms with van der Waals surface area (Å²) in [7, 11) is 1.95. The van der Waals surface area contributed by atoms with Crippen LogP contribution in [0, 0.1) is 23.2 Å². The van der Waals surface area contributed by atoms with Crippen molar-refractivity contribution in [1.29, 1.82) is 0 Å². The molecule has 1 N–H and O–H groups in total.